The van der Waals surface area contributed by atoms with Crippen molar-refractivity contribution < 1.29 is 0 Å². The molecule has 2 heteroatoms. The maximum atomic E-state index is 4.77. The van der Waals surface area contributed by atoms with Crippen LogP contribution < -0.4 is 4.90 Å². The van der Waals surface area contributed by atoms with Crippen molar-refractivity contribution in [2.75, 3.05) is 19.0 Å². The lowest BCUT2D eigenvalue weighted by Crippen LogP contribution is -2.08. The van der Waals surface area contributed by atoms with Crippen molar-refractivity contribution >= 4 is 11.9 Å². The van der Waals surface area contributed by atoms with Crippen LogP contribution in [0.2, 0.25) is 0 Å². The predicted octanol–water partition coefficient (Wildman–Crippen LogP) is 3.34. The van der Waals surface area contributed by atoms with Crippen LogP contribution in [0.5, 0.6) is 0 Å². The van der Waals surface area contributed by atoms with Gasteiger partial charge in [0.1, 0.15) is 0 Å². The van der Waals surface area contributed by atoms with Crippen molar-refractivity contribution in [3.05, 3.63) is 65.2 Å². The van der Waals surface area contributed by atoms with Crippen molar-refractivity contribution in [3.8, 4) is 0 Å². The maximum absolute atomic E-state index is 4.77. The molecule has 2 nitrogen and oxygen atoms in total. The second-order valence-corrected chi connectivity index (χ2v) is 5.60. The molecule has 3 rings (SSSR count). The first-order valence-electron chi connectivity index (χ1n) is 7.10. The van der Waals surface area contributed by atoms with Crippen LogP contribution in [0.15, 0.2) is 53.5 Å². The summed E-state index contributed by atoms with van der Waals surface area (Å²) in [5.41, 5.74) is 5.30. The Morgan fingerprint density at radius 3 is 2.35 bits per heavy atom. The molecular weight excluding hydrogens is 244 g/mol. The van der Waals surface area contributed by atoms with Gasteiger partial charge in [0.2, 0.25) is 0 Å². The Morgan fingerprint density at radius 1 is 1.00 bits per heavy atom. The van der Waals surface area contributed by atoms with E-state index < -0.39 is 0 Å². The van der Waals surface area contributed by atoms with E-state index in [0.29, 0.717) is 6.04 Å². The number of rotatable bonds is 3. The quantitative estimate of drug-likeness (QED) is 0.776. The number of anilines is 1. The lowest BCUT2D eigenvalue weighted by molar-refractivity contribution is 0.727. The summed E-state index contributed by atoms with van der Waals surface area (Å²) in [6.07, 6.45) is 4.16. The number of hydrogen-bond donors (Lipinski definition) is 0. The SMILES string of the molecule is CN(C)c1cccc(C=NC2Cc3ccccc3C2)c1. The molecule has 0 heterocycles. The van der Waals surface area contributed by atoms with Gasteiger partial charge in [0, 0.05) is 26.0 Å². The van der Waals surface area contributed by atoms with Crippen LogP contribution in [0.3, 0.4) is 0 Å². The van der Waals surface area contributed by atoms with E-state index in [1.165, 1.54) is 22.4 Å². The minimum atomic E-state index is 0.399. The average molecular weight is 264 g/mol. The molecular formula is C18H20N2. The molecule has 102 valence electrons. The van der Waals surface area contributed by atoms with E-state index in [2.05, 4.69) is 67.5 Å². The summed E-state index contributed by atoms with van der Waals surface area (Å²) in [4.78, 5) is 6.88. The number of aliphatic imine (C=N–C) groups is 1. The third-order valence-corrected chi connectivity index (χ3v) is 3.85. The highest BCUT2D eigenvalue weighted by Gasteiger charge is 2.19. The topological polar surface area (TPSA) is 15.6 Å². The van der Waals surface area contributed by atoms with Crippen LogP contribution in [-0.4, -0.2) is 26.4 Å². The van der Waals surface area contributed by atoms with E-state index in [-0.39, 0.29) is 0 Å². The molecule has 0 fully saturated rings. The first-order chi connectivity index (χ1) is 9.72. The van der Waals surface area contributed by atoms with Gasteiger partial charge < -0.3 is 4.90 Å². The standard InChI is InChI=1S/C18H20N2/c1-20(2)18-9-5-6-14(10-18)13-19-17-11-15-7-3-4-8-16(15)12-17/h3-10,13,17H,11-12H2,1-2H3. The Hall–Kier alpha value is -2.09. The summed E-state index contributed by atoms with van der Waals surface area (Å²) in [6.45, 7) is 0. The average Bonchev–Trinajstić information content (AvgIpc) is 2.88. The lowest BCUT2D eigenvalue weighted by atomic mass is 10.1. The Labute approximate surface area is 120 Å². The molecule has 0 amide bonds. The van der Waals surface area contributed by atoms with Gasteiger partial charge >= 0.3 is 0 Å². The van der Waals surface area contributed by atoms with E-state index in [4.69, 9.17) is 4.99 Å². The first kappa shape index (κ1) is 12.9. The highest BCUT2D eigenvalue weighted by Crippen LogP contribution is 2.23. The van der Waals surface area contributed by atoms with Gasteiger partial charge in [0.25, 0.3) is 0 Å². The van der Waals surface area contributed by atoms with Gasteiger partial charge in [-0.3, -0.25) is 4.99 Å². The van der Waals surface area contributed by atoms with Gasteiger partial charge in [-0.05, 0) is 41.7 Å². The van der Waals surface area contributed by atoms with Crippen LogP contribution in [-0.2, 0) is 12.8 Å². The molecule has 0 radical (unpaired) electrons. The molecule has 1 aliphatic rings. The molecule has 0 spiro atoms. The Bertz CT molecular complexity index is 604. The van der Waals surface area contributed by atoms with Gasteiger partial charge in [0.05, 0.1) is 6.04 Å². The smallest absolute Gasteiger partial charge is 0.0580 e. The molecule has 0 aromatic heterocycles. The van der Waals surface area contributed by atoms with Crippen molar-refractivity contribution in [1.82, 2.24) is 0 Å². The summed E-state index contributed by atoms with van der Waals surface area (Å²) in [5, 5.41) is 0. The zero-order valence-electron chi connectivity index (χ0n) is 12.1. The van der Waals surface area contributed by atoms with Gasteiger partial charge in [-0.2, -0.15) is 0 Å². The molecule has 0 N–H and O–H groups in total. The second-order valence-electron chi connectivity index (χ2n) is 5.60. The van der Waals surface area contributed by atoms with E-state index in [9.17, 15) is 0 Å². The fourth-order valence-electron chi connectivity index (χ4n) is 2.72. The summed E-state index contributed by atoms with van der Waals surface area (Å²) < 4.78 is 0. The Morgan fingerprint density at radius 2 is 1.70 bits per heavy atom. The van der Waals surface area contributed by atoms with Crippen molar-refractivity contribution in [3.63, 3.8) is 0 Å². The van der Waals surface area contributed by atoms with Gasteiger partial charge in [-0.15, -0.1) is 0 Å². The third kappa shape index (κ3) is 2.74. The van der Waals surface area contributed by atoms with Crippen molar-refractivity contribution in [1.29, 1.82) is 0 Å². The van der Waals surface area contributed by atoms with Crippen LogP contribution in [0.25, 0.3) is 0 Å². The normalized spacial score (nSPS) is 14.7. The molecule has 2 aromatic rings. The number of hydrogen-bond acceptors (Lipinski definition) is 2. The molecule has 20 heavy (non-hydrogen) atoms. The summed E-state index contributed by atoms with van der Waals surface area (Å²) in [7, 11) is 4.12. The Kier molecular flexibility index (Phi) is 3.55. The number of fused-ring (bicyclic) bond motifs is 1. The fourth-order valence-corrected chi connectivity index (χ4v) is 2.72. The molecule has 0 bridgehead atoms. The number of nitrogens with zero attached hydrogens (tertiary/aromatic N) is 2. The third-order valence-electron chi connectivity index (χ3n) is 3.85. The van der Waals surface area contributed by atoms with E-state index in [0.717, 1.165) is 12.8 Å². The van der Waals surface area contributed by atoms with E-state index in [1.807, 2.05) is 6.21 Å². The van der Waals surface area contributed by atoms with E-state index in [1.54, 1.807) is 0 Å². The highest BCUT2D eigenvalue weighted by molar-refractivity contribution is 5.81. The van der Waals surface area contributed by atoms with Gasteiger partial charge in [0.15, 0.2) is 0 Å². The number of benzene rings is 2. The second kappa shape index (κ2) is 5.49. The Balaban J connectivity index is 1.72. The predicted molar refractivity (Wildman–Crippen MR) is 86.0 cm³/mol. The van der Waals surface area contributed by atoms with Crippen LogP contribution in [0, 0.1) is 0 Å². The molecule has 0 saturated heterocycles. The summed E-state index contributed by atoms with van der Waals surface area (Å²) in [5.74, 6) is 0. The van der Waals surface area contributed by atoms with Gasteiger partial charge in [-0.25, -0.2) is 0 Å². The minimum absolute atomic E-state index is 0.399. The lowest BCUT2D eigenvalue weighted by Gasteiger charge is -2.12. The maximum Gasteiger partial charge on any atom is 0.0580 e. The monoisotopic (exact) mass is 264 g/mol. The highest BCUT2D eigenvalue weighted by atomic mass is 15.1. The van der Waals surface area contributed by atoms with E-state index >= 15 is 0 Å². The molecule has 2 aromatic carbocycles. The zero-order chi connectivity index (χ0) is 13.9. The van der Waals surface area contributed by atoms with Gasteiger partial charge in [-0.1, -0.05) is 36.4 Å². The van der Waals surface area contributed by atoms with Crippen LogP contribution in [0.1, 0.15) is 16.7 Å². The van der Waals surface area contributed by atoms with Crippen molar-refractivity contribution in [2.45, 2.75) is 18.9 Å². The van der Waals surface area contributed by atoms with Crippen LogP contribution >= 0.6 is 0 Å². The minimum Gasteiger partial charge on any atom is -0.378 e. The summed E-state index contributed by atoms with van der Waals surface area (Å²) >= 11 is 0. The molecule has 0 aliphatic heterocycles. The zero-order valence-corrected chi connectivity index (χ0v) is 12.1. The molecule has 0 atom stereocenters. The summed E-state index contributed by atoms with van der Waals surface area (Å²) in [6, 6.07) is 17.6. The largest absolute Gasteiger partial charge is 0.378 e. The van der Waals surface area contributed by atoms with Crippen LogP contribution in [0.4, 0.5) is 5.69 Å². The molecule has 0 saturated carbocycles. The first-order valence-corrected chi connectivity index (χ1v) is 7.10. The van der Waals surface area contributed by atoms with Crippen molar-refractivity contribution in [2.24, 2.45) is 4.99 Å². The fraction of sp³-hybridized carbons (Fsp3) is 0.278. The molecule has 0 unspecified atom stereocenters. The molecule has 1 aliphatic carbocycles.